The molecule has 0 saturated heterocycles. The van der Waals surface area contributed by atoms with Crippen molar-refractivity contribution in [1.29, 1.82) is 0 Å². The fourth-order valence-corrected chi connectivity index (χ4v) is 11.1. The SMILES string of the molecule is CC1=CC(C)([Si](NC2CCCCC2)(c2ccccc2)c2ccccc2)C(C)=C1. The van der Waals surface area contributed by atoms with Crippen LogP contribution in [-0.4, -0.2) is 14.3 Å². The second-order valence-corrected chi connectivity index (χ2v) is 12.9. The van der Waals surface area contributed by atoms with Gasteiger partial charge in [-0.05, 0) is 37.1 Å². The van der Waals surface area contributed by atoms with Crippen LogP contribution in [0, 0.1) is 0 Å². The zero-order chi connectivity index (χ0) is 19.6. The topological polar surface area (TPSA) is 12.0 Å². The van der Waals surface area contributed by atoms with Gasteiger partial charge < -0.3 is 4.98 Å². The zero-order valence-electron chi connectivity index (χ0n) is 17.5. The van der Waals surface area contributed by atoms with E-state index in [1.165, 1.54) is 53.6 Å². The quantitative estimate of drug-likeness (QED) is 0.683. The highest BCUT2D eigenvalue weighted by Gasteiger charge is 2.55. The Balaban J connectivity index is 1.96. The van der Waals surface area contributed by atoms with E-state index in [1.807, 2.05) is 0 Å². The van der Waals surface area contributed by atoms with Crippen LogP contribution in [0.25, 0.3) is 0 Å². The summed E-state index contributed by atoms with van der Waals surface area (Å²) < 4.78 is 0. The first kappa shape index (κ1) is 19.4. The fraction of sp³-hybridized carbons (Fsp3) is 0.385. The summed E-state index contributed by atoms with van der Waals surface area (Å²) in [6, 6.07) is 23.3. The van der Waals surface area contributed by atoms with E-state index in [0.29, 0.717) is 6.04 Å². The van der Waals surface area contributed by atoms with Crippen LogP contribution in [0.15, 0.2) is 84.0 Å². The average Bonchev–Trinajstić information content (AvgIpc) is 3.00. The van der Waals surface area contributed by atoms with Crippen molar-refractivity contribution in [2.24, 2.45) is 0 Å². The molecule has 0 aliphatic heterocycles. The van der Waals surface area contributed by atoms with Gasteiger partial charge in [0.1, 0.15) is 0 Å². The summed E-state index contributed by atoms with van der Waals surface area (Å²) in [5.41, 5.74) is 2.89. The van der Waals surface area contributed by atoms with E-state index in [2.05, 4.69) is 98.6 Å². The minimum atomic E-state index is -2.33. The zero-order valence-corrected chi connectivity index (χ0v) is 18.5. The Bertz CT molecular complexity index is 822. The van der Waals surface area contributed by atoms with Gasteiger partial charge in [0.15, 0.2) is 0 Å². The minimum absolute atomic E-state index is 0.0250. The Morgan fingerprint density at radius 3 is 1.82 bits per heavy atom. The Morgan fingerprint density at radius 1 is 0.821 bits per heavy atom. The first-order chi connectivity index (χ1) is 13.6. The van der Waals surface area contributed by atoms with Gasteiger partial charge in [0.05, 0.1) is 0 Å². The maximum Gasteiger partial charge on any atom is 0.204 e. The molecule has 0 aromatic heterocycles. The van der Waals surface area contributed by atoms with Crippen LogP contribution in [0.4, 0.5) is 0 Å². The van der Waals surface area contributed by atoms with E-state index in [-0.39, 0.29) is 5.04 Å². The number of benzene rings is 2. The lowest BCUT2D eigenvalue weighted by atomic mass is 9.96. The minimum Gasteiger partial charge on any atom is -0.327 e. The predicted molar refractivity (Wildman–Crippen MR) is 124 cm³/mol. The largest absolute Gasteiger partial charge is 0.327 e. The van der Waals surface area contributed by atoms with Gasteiger partial charge in [-0.3, -0.25) is 0 Å². The fourth-order valence-electron chi connectivity index (χ4n) is 5.52. The van der Waals surface area contributed by atoms with Gasteiger partial charge in [0.2, 0.25) is 8.24 Å². The monoisotopic (exact) mass is 387 g/mol. The van der Waals surface area contributed by atoms with Crippen molar-refractivity contribution >= 4 is 18.6 Å². The first-order valence-corrected chi connectivity index (χ1v) is 12.8. The summed E-state index contributed by atoms with van der Waals surface area (Å²) in [4.78, 5) is 4.39. The molecule has 0 amide bonds. The highest BCUT2D eigenvalue weighted by Crippen LogP contribution is 2.49. The Hall–Kier alpha value is -1.90. The highest BCUT2D eigenvalue weighted by atomic mass is 28.3. The van der Waals surface area contributed by atoms with Crippen molar-refractivity contribution < 1.29 is 0 Å². The molecule has 2 heteroatoms. The van der Waals surface area contributed by atoms with Gasteiger partial charge >= 0.3 is 0 Å². The lowest BCUT2D eigenvalue weighted by Crippen LogP contribution is -2.76. The first-order valence-electron chi connectivity index (χ1n) is 10.8. The van der Waals surface area contributed by atoms with Crippen LogP contribution < -0.4 is 15.4 Å². The normalized spacial score (nSPS) is 23.4. The van der Waals surface area contributed by atoms with Crippen LogP contribution in [0.1, 0.15) is 52.9 Å². The van der Waals surface area contributed by atoms with E-state index in [4.69, 9.17) is 0 Å². The van der Waals surface area contributed by atoms with Crippen molar-refractivity contribution in [2.45, 2.75) is 64.0 Å². The summed E-state index contributed by atoms with van der Waals surface area (Å²) in [6.07, 6.45) is 11.6. The Kier molecular flexibility index (Phi) is 5.44. The lowest BCUT2D eigenvalue weighted by Gasteiger charge is -2.49. The van der Waals surface area contributed by atoms with Crippen molar-refractivity contribution in [3.8, 4) is 0 Å². The molecular formula is C26H33NSi. The highest BCUT2D eigenvalue weighted by molar-refractivity contribution is 7.03. The molecule has 0 bridgehead atoms. The number of hydrogen-bond donors (Lipinski definition) is 1. The molecule has 146 valence electrons. The van der Waals surface area contributed by atoms with Gasteiger partial charge in [0, 0.05) is 11.1 Å². The Labute approximate surface area is 171 Å². The standard InChI is InChI=1S/C26H33NSi/c1-21-19-22(2)26(3,20-21)28(24-15-9-5-10-16-24,25-17-11-6-12-18-25)27-23-13-7-4-8-14-23/h5-6,9-12,15-20,23,27H,4,7-8,13-14H2,1-3H3. The van der Waals surface area contributed by atoms with Crippen LogP contribution in [0.5, 0.6) is 0 Å². The molecule has 1 unspecified atom stereocenters. The maximum atomic E-state index is 4.39. The van der Waals surface area contributed by atoms with E-state index >= 15 is 0 Å². The van der Waals surface area contributed by atoms with E-state index < -0.39 is 8.24 Å². The summed E-state index contributed by atoms with van der Waals surface area (Å²) in [5.74, 6) is 0. The molecular weight excluding hydrogens is 354 g/mol. The summed E-state index contributed by atoms with van der Waals surface area (Å²) in [6.45, 7) is 7.07. The van der Waals surface area contributed by atoms with Gasteiger partial charge in [0.25, 0.3) is 0 Å². The van der Waals surface area contributed by atoms with Crippen molar-refractivity contribution in [3.63, 3.8) is 0 Å². The van der Waals surface area contributed by atoms with Gasteiger partial charge in [-0.15, -0.1) is 0 Å². The predicted octanol–water partition coefficient (Wildman–Crippen LogP) is 5.34. The number of nitrogens with one attached hydrogen (secondary N) is 1. The van der Waals surface area contributed by atoms with Gasteiger partial charge in [-0.2, -0.15) is 0 Å². The number of allylic oxidation sites excluding steroid dienone is 4. The second kappa shape index (κ2) is 7.85. The van der Waals surface area contributed by atoms with E-state index in [1.54, 1.807) is 0 Å². The maximum absolute atomic E-state index is 4.39. The summed E-state index contributed by atoms with van der Waals surface area (Å²) in [5, 5.41) is 3.01. The molecule has 1 fully saturated rings. The molecule has 0 radical (unpaired) electrons. The summed E-state index contributed by atoms with van der Waals surface area (Å²) in [7, 11) is -2.33. The third kappa shape index (κ3) is 3.23. The average molecular weight is 388 g/mol. The summed E-state index contributed by atoms with van der Waals surface area (Å²) >= 11 is 0. The second-order valence-electron chi connectivity index (χ2n) is 8.88. The molecule has 1 nitrogen and oxygen atoms in total. The van der Waals surface area contributed by atoms with Gasteiger partial charge in [-0.1, -0.05) is 110 Å². The third-order valence-electron chi connectivity index (χ3n) is 7.00. The third-order valence-corrected chi connectivity index (χ3v) is 12.3. The molecule has 0 heterocycles. The lowest BCUT2D eigenvalue weighted by molar-refractivity contribution is 0.412. The molecule has 2 aromatic rings. The van der Waals surface area contributed by atoms with Crippen LogP contribution in [0.3, 0.4) is 0 Å². The van der Waals surface area contributed by atoms with Crippen molar-refractivity contribution in [3.05, 3.63) is 84.0 Å². The molecule has 4 rings (SSSR count). The molecule has 1 N–H and O–H groups in total. The Morgan fingerprint density at radius 2 is 1.36 bits per heavy atom. The molecule has 2 aliphatic rings. The van der Waals surface area contributed by atoms with Crippen LogP contribution in [-0.2, 0) is 0 Å². The molecule has 1 atom stereocenters. The molecule has 2 aliphatic carbocycles. The van der Waals surface area contributed by atoms with Crippen LogP contribution in [0.2, 0.25) is 5.04 Å². The number of rotatable bonds is 5. The van der Waals surface area contributed by atoms with E-state index in [9.17, 15) is 0 Å². The molecule has 2 aromatic carbocycles. The number of hydrogen-bond acceptors (Lipinski definition) is 1. The van der Waals surface area contributed by atoms with Crippen molar-refractivity contribution in [2.75, 3.05) is 0 Å². The molecule has 1 saturated carbocycles. The van der Waals surface area contributed by atoms with E-state index in [0.717, 1.165) is 0 Å². The molecule has 0 spiro atoms. The van der Waals surface area contributed by atoms with Crippen LogP contribution >= 0.6 is 0 Å². The smallest absolute Gasteiger partial charge is 0.204 e. The van der Waals surface area contributed by atoms with Gasteiger partial charge in [-0.25, -0.2) is 0 Å². The molecule has 28 heavy (non-hydrogen) atoms. The van der Waals surface area contributed by atoms with Crippen molar-refractivity contribution in [1.82, 2.24) is 4.98 Å².